The van der Waals surface area contributed by atoms with Crippen molar-refractivity contribution in [3.63, 3.8) is 0 Å². The molecule has 1 heterocycles. The van der Waals surface area contributed by atoms with Crippen LogP contribution in [-0.4, -0.2) is 10.1 Å². The first-order valence-corrected chi connectivity index (χ1v) is 6.92. The second kappa shape index (κ2) is 4.76. The number of anilines is 1. The summed E-state index contributed by atoms with van der Waals surface area (Å²) in [4.78, 5) is 4.43. The predicted molar refractivity (Wildman–Crippen MR) is 84.1 cm³/mol. The Labute approximate surface area is 127 Å². The van der Waals surface area contributed by atoms with Crippen LogP contribution in [0.3, 0.4) is 0 Å². The summed E-state index contributed by atoms with van der Waals surface area (Å²) in [5.41, 5.74) is 7.55. The van der Waals surface area contributed by atoms with Crippen molar-refractivity contribution in [2.24, 2.45) is 0 Å². The Morgan fingerprint density at radius 2 is 1.90 bits per heavy atom. The fraction of sp³-hybridized carbons (Fsp3) is 0.188. The Morgan fingerprint density at radius 1 is 1.24 bits per heavy atom. The Bertz CT molecular complexity index is 804. The molecule has 21 heavy (non-hydrogen) atoms. The number of oxazole rings is 1. The molecule has 0 spiro atoms. The van der Waals surface area contributed by atoms with Crippen LogP contribution >= 0.6 is 11.6 Å². The molecule has 3 rings (SSSR count). The van der Waals surface area contributed by atoms with E-state index >= 15 is 0 Å². The molecule has 5 heteroatoms. The van der Waals surface area contributed by atoms with Gasteiger partial charge in [-0.3, -0.25) is 0 Å². The van der Waals surface area contributed by atoms with Crippen molar-refractivity contribution >= 4 is 28.4 Å². The number of fused-ring (bicyclic) bond motifs is 1. The molecule has 0 fully saturated rings. The van der Waals surface area contributed by atoms with E-state index < -0.39 is 5.60 Å². The van der Waals surface area contributed by atoms with Gasteiger partial charge in [0.05, 0.1) is 10.6 Å². The number of halogens is 1. The van der Waals surface area contributed by atoms with E-state index in [0.29, 0.717) is 33.3 Å². The molecular formula is C16H15ClN2O2. The molecule has 3 N–H and O–H groups in total. The number of benzene rings is 2. The molecule has 0 saturated carbocycles. The van der Waals surface area contributed by atoms with E-state index in [0.717, 1.165) is 5.56 Å². The van der Waals surface area contributed by atoms with Gasteiger partial charge in [0.15, 0.2) is 5.58 Å². The average Bonchev–Trinajstić information content (AvgIpc) is 2.82. The van der Waals surface area contributed by atoms with Crippen molar-refractivity contribution in [1.82, 2.24) is 4.98 Å². The first-order valence-electron chi connectivity index (χ1n) is 6.54. The summed E-state index contributed by atoms with van der Waals surface area (Å²) in [6.45, 7) is 3.27. The number of hydrogen-bond acceptors (Lipinski definition) is 4. The molecule has 0 saturated heterocycles. The molecule has 3 aromatic rings. The van der Waals surface area contributed by atoms with Crippen molar-refractivity contribution in [2.75, 3.05) is 5.73 Å². The van der Waals surface area contributed by atoms with Crippen molar-refractivity contribution in [1.29, 1.82) is 0 Å². The van der Waals surface area contributed by atoms with E-state index in [4.69, 9.17) is 21.8 Å². The summed E-state index contributed by atoms with van der Waals surface area (Å²) >= 11 is 6.37. The van der Waals surface area contributed by atoms with Gasteiger partial charge in [-0.15, -0.1) is 0 Å². The lowest BCUT2D eigenvalue weighted by Gasteiger charge is -2.21. The lowest BCUT2D eigenvalue weighted by Crippen LogP contribution is -2.18. The van der Waals surface area contributed by atoms with Crippen molar-refractivity contribution in [3.8, 4) is 11.5 Å². The normalized spacial score (nSPS) is 12.0. The topological polar surface area (TPSA) is 72.3 Å². The van der Waals surface area contributed by atoms with Gasteiger partial charge in [-0.05, 0) is 26.0 Å². The lowest BCUT2D eigenvalue weighted by atomic mass is 9.96. The number of aliphatic hydroxyl groups is 1. The minimum Gasteiger partial charge on any atom is -0.436 e. The third-order valence-electron chi connectivity index (χ3n) is 3.29. The van der Waals surface area contributed by atoms with Gasteiger partial charge in [-0.25, -0.2) is 4.98 Å². The van der Waals surface area contributed by atoms with Crippen LogP contribution in [0.4, 0.5) is 5.69 Å². The van der Waals surface area contributed by atoms with Gasteiger partial charge in [0.1, 0.15) is 5.52 Å². The maximum absolute atomic E-state index is 10.2. The van der Waals surface area contributed by atoms with Gasteiger partial charge in [0, 0.05) is 22.9 Å². The summed E-state index contributed by atoms with van der Waals surface area (Å²) in [6, 6.07) is 11.2. The Kier molecular flexibility index (Phi) is 3.15. The zero-order chi connectivity index (χ0) is 15.2. The molecule has 0 radical (unpaired) electrons. The van der Waals surface area contributed by atoms with E-state index in [2.05, 4.69) is 4.98 Å². The molecular weight excluding hydrogens is 288 g/mol. The average molecular weight is 303 g/mol. The predicted octanol–water partition coefficient (Wildman–Crippen LogP) is 3.96. The standard InChI is InChI=1S/C16H15ClN2O2/c1-16(2,20)12-10(18)8-11-14(13(12)17)19-15(21-11)9-6-4-3-5-7-9/h3-8,20H,18H2,1-2H3. The Morgan fingerprint density at radius 3 is 2.52 bits per heavy atom. The van der Waals surface area contributed by atoms with E-state index in [1.807, 2.05) is 30.3 Å². The fourth-order valence-electron chi connectivity index (χ4n) is 2.37. The number of aromatic nitrogens is 1. The van der Waals surface area contributed by atoms with Crippen molar-refractivity contribution < 1.29 is 9.52 Å². The maximum atomic E-state index is 10.2. The number of nitrogens with two attached hydrogens (primary N) is 1. The van der Waals surface area contributed by atoms with Gasteiger partial charge in [-0.1, -0.05) is 29.8 Å². The van der Waals surface area contributed by atoms with E-state index in [-0.39, 0.29) is 0 Å². The highest BCUT2D eigenvalue weighted by atomic mass is 35.5. The summed E-state index contributed by atoms with van der Waals surface area (Å²) < 4.78 is 5.73. The molecule has 108 valence electrons. The van der Waals surface area contributed by atoms with Crippen molar-refractivity contribution in [3.05, 3.63) is 47.0 Å². The van der Waals surface area contributed by atoms with Gasteiger partial charge >= 0.3 is 0 Å². The molecule has 0 bridgehead atoms. The smallest absolute Gasteiger partial charge is 0.227 e. The Balaban J connectivity index is 2.26. The van der Waals surface area contributed by atoms with Crippen LogP contribution < -0.4 is 5.73 Å². The van der Waals surface area contributed by atoms with Crippen molar-refractivity contribution in [2.45, 2.75) is 19.4 Å². The van der Waals surface area contributed by atoms with E-state index in [1.165, 1.54) is 0 Å². The van der Waals surface area contributed by atoms with Crippen LogP contribution in [0.2, 0.25) is 5.02 Å². The van der Waals surface area contributed by atoms with Crippen LogP contribution in [0.5, 0.6) is 0 Å². The maximum Gasteiger partial charge on any atom is 0.227 e. The first-order chi connectivity index (χ1) is 9.88. The zero-order valence-corrected chi connectivity index (χ0v) is 12.5. The molecule has 0 aliphatic heterocycles. The number of nitrogen functional groups attached to an aromatic ring is 1. The number of rotatable bonds is 2. The van der Waals surface area contributed by atoms with Crippen LogP contribution in [0.25, 0.3) is 22.6 Å². The zero-order valence-electron chi connectivity index (χ0n) is 11.7. The minimum atomic E-state index is -1.15. The molecule has 0 aliphatic rings. The molecule has 0 atom stereocenters. The van der Waals surface area contributed by atoms with Crippen LogP contribution in [-0.2, 0) is 5.60 Å². The van der Waals surface area contributed by atoms with Crippen LogP contribution in [0.1, 0.15) is 19.4 Å². The molecule has 2 aromatic carbocycles. The largest absolute Gasteiger partial charge is 0.436 e. The minimum absolute atomic E-state index is 0.323. The van der Waals surface area contributed by atoms with Crippen LogP contribution in [0, 0.1) is 0 Å². The third-order valence-corrected chi connectivity index (χ3v) is 3.66. The number of hydrogen-bond donors (Lipinski definition) is 2. The third kappa shape index (κ3) is 2.37. The highest BCUT2D eigenvalue weighted by Gasteiger charge is 2.26. The molecule has 0 aliphatic carbocycles. The van der Waals surface area contributed by atoms with Gasteiger partial charge in [0.25, 0.3) is 0 Å². The molecule has 0 amide bonds. The highest BCUT2D eigenvalue weighted by Crippen LogP contribution is 2.39. The second-order valence-corrected chi connectivity index (χ2v) is 5.82. The monoisotopic (exact) mass is 302 g/mol. The lowest BCUT2D eigenvalue weighted by molar-refractivity contribution is 0.0796. The second-order valence-electron chi connectivity index (χ2n) is 5.45. The van der Waals surface area contributed by atoms with Gasteiger partial charge in [-0.2, -0.15) is 0 Å². The van der Waals surface area contributed by atoms with Crippen LogP contribution in [0.15, 0.2) is 40.8 Å². The first kappa shape index (κ1) is 13.9. The molecule has 1 aromatic heterocycles. The summed E-state index contributed by atoms with van der Waals surface area (Å²) in [7, 11) is 0. The van der Waals surface area contributed by atoms with Gasteiger partial charge in [0.2, 0.25) is 5.89 Å². The van der Waals surface area contributed by atoms with Gasteiger partial charge < -0.3 is 15.3 Å². The highest BCUT2D eigenvalue weighted by molar-refractivity contribution is 6.36. The number of nitrogens with zero attached hydrogens (tertiary/aromatic N) is 1. The van der Waals surface area contributed by atoms with E-state index in [1.54, 1.807) is 19.9 Å². The SMILES string of the molecule is CC(C)(O)c1c(N)cc2oc(-c3ccccc3)nc2c1Cl. The Hall–Kier alpha value is -2.04. The quantitative estimate of drug-likeness (QED) is 0.703. The molecule has 0 unspecified atom stereocenters. The molecule has 4 nitrogen and oxygen atoms in total. The summed E-state index contributed by atoms with van der Waals surface area (Å²) in [5.74, 6) is 0.472. The van der Waals surface area contributed by atoms with E-state index in [9.17, 15) is 5.11 Å². The summed E-state index contributed by atoms with van der Waals surface area (Å²) in [6.07, 6.45) is 0. The fourth-order valence-corrected chi connectivity index (χ4v) is 2.85. The summed E-state index contributed by atoms with van der Waals surface area (Å²) in [5, 5.41) is 10.5.